The third kappa shape index (κ3) is 11.9. The average molecular weight is 514 g/mol. The van der Waals surface area contributed by atoms with E-state index in [4.69, 9.17) is 15.9 Å². The molecule has 9 heteroatoms. The number of nitrogens with one attached hydrogen (secondary N) is 1. The number of amidine groups is 1. The first kappa shape index (κ1) is 30.5. The highest BCUT2D eigenvalue weighted by atomic mass is 16.5. The van der Waals surface area contributed by atoms with Gasteiger partial charge < -0.3 is 19.9 Å². The SMILES string of the molecule is CCCN(CCC)CCCCN(CC(=O)OC)Cc1ccc(CN(CC(=N)N)Cc2nccn2C)cc1. The molecule has 1 aromatic carbocycles. The van der Waals surface area contributed by atoms with E-state index in [2.05, 4.69) is 57.8 Å². The number of rotatable bonds is 19. The quantitative estimate of drug-likeness (QED) is 0.129. The van der Waals surface area contributed by atoms with Crippen molar-refractivity contribution in [1.29, 1.82) is 5.41 Å². The van der Waals surface area contributed by atoms with Crippen LogP contribution in [0.1, 0.15) is 56.5 Å². The van der Waals surface area contributed by atoms with E-state index in [1.165, 1.54) is 20.0 Å². The molecule has 0 saturated carbocycles. The Morgan fingerprint density at radius 1 is 0.919 bits per heavy atom. The van der Waals surface area contributed by atoms with E-state index < -0.39 is 0 Å². The number of hydrogen-bond acceptors (Lipinski definition) is 7. The van der Waals surface area contributed by atoms with Gasteiger partial charge in [0.15, 0.2) is 0 Å². The third-order valence-corrected chi connectivity index (χ3v) is 6.37. The number of ether oxygens (including phenoxy) is 1. The van der Waals surface area contributed by atoms with Crippen molar-refractivity contribution in [2.45, 2.75) is 59.2 Å². The Labute approximate surface area is 223 Å². The Morgan fingerprint density at radius 2 is 1.49 bits per heavy atom. The number of esters is 1. The smallest absolute Gasteiger partial charge is 0.319 e. The minimum absolute atomic E-state index is 0.136. The van der Waals surface area contributed by atoms with Crippen LogP contribution in [0.25, 0.3) is 0 Å². The van der Waals surface area contributed by atoms with E-state index in [0.29, 0.717) is 32.7 Å². The summed E-state index contributed by atoms with van der Waals surface area (Å²) in [6, 6.07) is 8.47. The second-order valence-electron chi connectivity index (χ2n) is 9.78. The molecule has 206 valence electrons. The van der Waals surface area contributed by atoms with Gasteiger partial charge in [-0.1, -0.05) is 38.1 Å². The van der Waals surface area contributed by atoms with Gasteiger partial charge in [0.25, 0.3) is 0 Å². The van der Waals surface area contributed by atoms with E-state index in [1.54, 1.807) is 6.20 Å². The van der Waals surface area contributed by atoms with Crippen molar-refractivity contribution in [2.24, 2.45) is 12.8 Å². The summed E-state index contributed by atoms with van der Waals surface area (Å²) in [7, 11) is 3.41. The van der Waals surface area contributed by atoms with E-state index in [0.717, 1.165) is 56.0 Å². The number of nitrogens with two attached hydrogens (primary N) is 1. The molecular weight excluding hydrogens is 466 g/mol. The van der Waals surface area contributed by atoms with Gasteiger partial charge in [-0.3, -0.25) is 20.0 Å². The Balaban J connectivity index is 1.95. The van der Waals surface area contributed by atoms with Crippen LogP contribution in [0.2, 0.25) is 0 Å². The van der Waals surface area contributed by atoms with Gasteiger partial charge in [-0.15, -0.1) is 0 Å². The number of benzene rings is 1. The van der Waals surface area contributed by atoms with Crippen molar-refractivity contribution < 1.29 is 9.53 Å². The van der Waals surface area contributed by atoms with Crippen LogP contribution in [0.15, 0.2) is 36.7 Å². The summed E-state index contributed by atoms with van der Waals surface area (Å²) in [5.74, 6) is 0.866. The van der Waals surface area contributed by atoms with E-state index in [1.807, 2.05) is 17.8 Å². The zero-order valence-corrected chi connectivity index (χ0v) is 23.3. The summed E-state index contributed by atoms with van der Waals surface area (Å²) in [6.45, 7) is 11.4. The Morgan fingerprint density at radius 3 is 1.97 bits per heavy atom. The molecule has 0 atom stereocenters. The highest BCUT2D eigenvalue weighted by molar-refractivity contribution is 5.78. The molecule has 0 fully saturated rings. The van der Waals surface area contributed by atoms with Gasteiger partial charge in [0, 0.05) is 32.5 Å². The number of aromatic nitrogens is 2. The molecule has 0 aliphatic heterocycles. The van der Waals surface area contributed by atoms with Gasteiger partial charge in [0.2, 0.25) is 0 Å². The summed E-state index contributed by atoms with van der Waals surface area (Å²) >= 11 is 0. The minimum atomic E-state index is -0.204. The van der Waals surface area contributed by atoms with E-state index >= 15 is 0 Å². The van der Waals surface area contributed by atoms with Crippen molar-refractivity contribution >= 4 is 11.8 Å². The lowest BCUT2D eigenvalue weighted by atomic mass is 10.1. The summed E-state index contributed by atoms with van der Waals surface area (Å²) in [5.41, 5.74) is 8.01. The van der Waals surface area contributed by atoms with Crippen LogP contribution in [0.3, 0.4) is 0 Å². The maximum atomic E-state index is 12.0. The summed E-state index contributed by atoms with van der Waals surface area (Å²) < 4.78 is 6.93. The number of carbonyl (C=O) groups excluding carboxylic acids is 1. The van der Waals surface area contributed by atoms with Crippen molar-refractivity contribution in [3.63, 3.8) is 0 Å². The van der Waals surface area contributed by atoms with E-state index in [9.17, 15) is 4.79 Å². The van der Waals surface area contributed by atoms with Crippen LogP contribution in [-0.2, 0) is 36.2 Å². The van der Waals surface area contributed by atoms with Crippen LogP contribution >= 0.6 is 0 Å². The van der Waals surface area contributed by atoms with Gasteiger partial charge in [-0.2, -0.15) is 0 Å². The summed E-state index contributed by atoms with van der Waals surface area (Å²) in [5, 5.41) is 7.75. The highest BCUT2D eigenvalue weighted by Crippen LogP contribution is 2.13. The monoisotopic (exact) mass is 513 g/mol. The molecule has 0 bridgehead atoms. The maximum absolute atomic E-state index is 12.0. The van der Waals surface area contributed by atoms with Crippen molar-refractivity contribution in [2.75, 3.05) is 46.4 Å². The fourth-order valence-corrected chi connectivity index (χ4v) is 4.52. The molecule has 0 spiro atoms. The number of unbranched alkanes of at least 4 members (excludes halogenated alkanes) is 1. The Kier molecular flexibility index (Phi) is 13.9. The third-order valence-electron chi connectivity index (χ3n) is 6.37. The average Bonchev–Trinajstić information content (AvgIpc) is 3.26. The zero-order valence-electron chi connectivity index (χ0n) is 23.3. The van der Waals surface area contributed by atoms with Crippen LogP contribution in [0.5, 0.6) is 0 Å². The molecule has 0 saturated heterocycles. The molecule has 2 rings (SSSR count). The van der Waals surface area contributed by atoms with Gasteiger partial charge in [0.05, 0.1) is 26.7 Å². The highest BCUT2D eigenvalue weighted by Gasteiger charge is 2.14. The summed E-state index contributed by atoms with van der Waals surface area (Å²) in [4.78, 5) is 23.3. The van der Waals surface area contributed by atoms with Crippen LogP contribution < -0.4 is 5.73 Å². The molecular formula is C28H47N7O2. The minimum Gasteiger partial charge on any atom is -0.468 e. The van der Waals surface area contributed by atoms with Gasteiger partial charge >= 0.3 is 5.97 Å². The molecule has 0 aliphatic carbocycles. The van der Waals surface area contributed by atoms with Crippen molar-refractivity contribution in [1.82, 2.24) is 24.3 Å². The molecule has 9 nitrogen and oxygen atoms in total. The largest absolute Gasteiger partial charge is 0.468 e. The van der Waals surface area contributed by atoms with Crippen LogP contribution in [0, 0.1) is 5.41 Å². The first-order chi connectivity index (χ1) is 17.8. The summed E-state index contributed by atoms with van der Waals surface area (Å²) in [6.07, 6.45) is 8.23. The van der Waals surface area contributed by atoms with Crippen LogP contribution in [-0.4, -0.2) is 82.4 Å². The second-order valence-corrected chi connectivity index (χ2v) is 9.78. The number of hydrogen-bond donors (Lipinski definition) is 2. The van der Waals surface area contributed by atoms with Gasteiger partial charge in [-0.05, 0) is 63.0 Å². The molecule has 0 aliphatic rings. The molecule has 1 heterocycles. The lowest BCUT2D eigenvalue weighted by Gasteiger charge is -2.24. The predicted molar refractivity (Wildman–Crippen MR) is 149 cm³/mol. The van der Waals surface area contributed by atoms with Gasteiger partial charge in [-0.25, -0.2) is 4.98 Å². The Hall–Kier alpha value is -2.75. The topological polar surface area (TPSA) is 104 Å². The van der Waals surface area contributed by atoms with Crippen molar-refractivity contribution in [3.05, 3.63) is 53.6 Å². The number of aryl methyl sites for hydroxylation is 1. The predicted octanol–water partition coefficient (Wildman–Crippen LogP) is 3.24. The lowest BCUT2D eigenvalue weighted by Crippen LogP contribution is -2.33. The normalized spacial score (nSPS) is 11.5. The fourth-order valence-electron chi connectivity index (χ4n) is 4.52. The molecule has 3 N–H and O–H groups in total. The standard InChI is InChI=1S/C28H47N7O2/c1-5-14-33(15-6-2)16-7-8-17-34(23-28(36)37-4)19-24-9-11-25(12-10-24)20-35(21-26(29)30)22-27-31-13-18-32(27)3/h9-13,18H,5-8,14-17,19-23H2,1-4H3,(H3,29,30). The molecule has 1 aromatic heterocycles. The Bertz CT molecular complexity index is 923. The number of methoxy groups -OCH3 is 1. The van der Waals surface area contributed by atoms with Gasteiger partial charge in [0.1, 0.15) is 11.7 Å². The molecule has 0 unspecified atom stereocenters. The number of nitrogens with zero attached hydrogens (tertiary/aromatic N) is 5. The number of carbonyl (C=O) groups is 1. The second kappa shape index (κ2) is 16.9. The molecule has 37 heavy (non-hydrogen) atoms. The first-order valence-corrected chi connectivity index (χ1v) is 13.4. The molecule has 2 aromatic rings. The number of imidazole rings is 1. The molecule has 0 radical (unpaired) electrons. The molecule has 0 amide bonds. The van der Waals surface area contributed by atoms with E-state index in [-0.39, 0.29) is 11.8 Å². The van der Waals surface area contributed by atoms with Crippen LogP contribution in [0.4, 0.5) is 0 Å². The fraction of sp³-hybridized carbons (Fsp3) is 0.607. The lowest BCUT2D eigenvalue weighted by molar-refractivity contribution is -0.142. The first-order valence-electron chi connectivity index (χ1n) is 13.4. The van der Waals surface area contributed by atoms with Crippen molar-refractivity contribution in [3.8, 4) is 0 Å². The maximum Gasteiger partial charge on any atom is 0.319 e. The zero-order chi connectivity index (χ0) is 27.0.